The lowest BCUT2D eigenvalue weighted by Gasteiger charge is -2.12. The summed E-state index contributed by atoms with van der Waals surface area (Å²) in [5, 5.41) is 8.80. The molecule has 1 heterocycles. The van der Waals surface area contributed by atoms with E-state index in [0.29, 0.717) is 17.8 Å². The van der Waals surface area contributed by atoms with Gasteiger partial charge in [0.15, 0.2) is 0 Å². The van der Waals surface area contributed by atoms with Crippen LogP contribution in [0.3, 0.4) is 0 Å². The summed E-state index contributed by atoms with van der Waals surface area (Å²) >= 11 is 0. The summed E-state index contributed by atoms with van der Waals surface area (Å²) in [7, 11) is 0. The Bertz CT molecular complexity index is 729. The maximum Gasteiger partial charge on any atom is 0.253 e. The first-order valence-electron chi connectivity index (χ1n) is 8.49. The summed E-state index contributed by atoms with van der Waals surface area (Å²) in [4.78, 5) is 28.5. The van der Waals surface area contributed by atoms with E-state index >= 15 is 0 Å². The minimum atomic E-state index is -0.231. The van der Waals surface area contributed by atoms with Crippen LogP contribution in [-0.2, 0) is 11.3 Å². The highest BCUT2D eigenvalue weighted by Crippen LogP contribution is 2.27. The SMILES string of the molecule is O=C(CNCC1CC1)Nc1ccccc1C(=O)NCc1cccnc1. The molecule has 0 aliphatic heterocycles. The van der Waals surface area contributed by atoms with Crippen LogP contribution in [0, 0.1) is 5.92 Å². The number of anilines is 1. The molecule has 1 aromatic heterocycles. The summed E-state index contributed by atoms with van der Waals surface area (Å²) in [6.45, 7) is 1.51. The molecule has 0 bridgehead atoms. The first-order valence-corrected chi connectivity index (χ1v) is 8.49. The highest BCUT2D eigenvalue weighted by molar-refractivity contribution is 6.04. The van der Waals surface area contributed by atoms with Crippen molar-refractivity contribution in [2.75, 3.05) is 18.4 Å². The summed E-state index contributed by atoms with van der Waals surface area (Å²) < 4.78 is 0. The van der Waals surface area contributed by atoms with Gasteiger partial charge in [-0.25, -0.2) is 0 Å². The zero-order valence-corrected chi connectivity index (χ0v) is 14.0. The Labute approximate surface area is 147 Å². The van der Waals surface area contributed by atoms with Gasteiger partial charge >= 0.3 is 0 Å². The molecule has 0 radical (unpaired) electrons. The van der Waals surface area contributed by atoms with Crippen molar-refractivity contribution in [3.05, 3.63) is 59.9 Å². The van der Waals surface area contributed by atoms with E-state index in [0.717, 1.165) is 18.0 Å². The van der Waals surface area contributed by atoms with E-state index in [-0.39, 0.29) is 18.4 Å². The monoisotopic (exact) mass is 338 g/mol. The summed E-state index contributed by atoms with van der Waals surface area (Å²) in [6.07, 6.45) is 5.88. The first kappa shape index (κ1) is 17.1. The van der Waals surface area contributed by atoms with Crippen LogP contribution in [0.1, 0.15) is 28.8 Å². The average molecular weight is 338 g/mol. The zero-order chi connectivity index (χ0) is 17.5. The number of nitrogens with zero attached hydrogens (tertiary/aromatic N) is 1. The van der Waals surface area contributed by atoms with Crippen molar-refractivity contribution in [3.63, 3.8) is 0 Å². The highest BCUT2D eigenvalue weighted by Gasteiger charge is 2.20. The predicted octanol–water partition coefficient (Wildman–Crippen LogP) is 1.95. The molecule has 3 N–H and O–H groups in total. The molecule has 2 aromatic rings. The molecule has 1 saturated carbocycles. The van der Waals surface area contributed by atoms with Crippen molar-refractivity contribution in [1.82, 2.24) is 15.6 Å². The fraction of sp³-hybridized carbons (Fsp3) is 0.316. The quantitative estimate of drug-likeness (QED) is 0.687. The molecule has 1 fully saturated rings. The van der Waals surface area contributed by atoms with Crippen LogP contribution in [0.2, 0.25) is 0 Å². The number of rotatable bonds is 8. The second-order valence-electron chi connectivity index (χ2n) is 6.21. The Balaban J connectivity index is 1.55. The van der Waals surface area contributed by atoms with Crippen LogP contribution < -0.4 is 16.0 Å². The van der Waals surface area contributed by atoms with Gasteiger partial charge in [-0.2, -0.15) is 0 Å². The molecule has 130 valence electrons. The van der Waals surface area contributed by atoms with Gasteiger partial charge in [-0.3, -0.25) is 14.6 Å². The lowest BCUT2D eigenvalue weighted by atomic mass is 10.1. The van der Waals surface area contributed by atoms with Gasteiger partial charge in [0, 0.05) is 18.9 Å². The van der Waals surface area contributed by atoms with Crippen molar-refractivity contribution in [2.24, 2.45) is 5.92 Å². The molecule has 0 saturated heterocycles. The van der Waals surface area contributed by atoms with Gasteiger partial charge in [0.05, 0.1) is 17.8 Å². The maximum atomic E-state index is 12.4. The Hall–Kier alpha value is -2.73. The van der Waals surface area contributed by atoms with Crippen molar-refractivity contribution >= 4 is 17.5 Å². The van der Waals surface area contributed by atoms with Crippen molar-refractivity contribution in [2.45, 2.75) is 19.4 Å². The highest BCUT2D eigenvalue weighted by atomic mass is 16.2. The molecule has 6 nitrogen and oxygen atoms in total. The molecule has 0 atom stereocenters. The van der Waals surface area contributed by atoms with E-state index in [2.05, 4.69) is 20.9 Å². The van der Waals surface area contributed by atoms with Crippen LogP contribution in [0.5, 0.6) is 0 Å². The molecule has 0 unspecified atom stereocenters. The number of hydrogen-bond donors (Lipinski definition) is 3. The topological polar surface area (TPSA) is 83.1 Å². The number of carbonyl (C=O) groups excluding carboxylic acids is 2. The van der Waals surface area contributed by atoms with Crippen molar-refractivity contribution in [3.8, 4) is 0 Å². The van der Waals surface area contributed by atoms with E-state index < -0.39 is 0 Å². The van der Waals surface area contributed by atoms with Crippen molar-refractivity contribution in [1.29, 1.82) is 0 Å². The Morgan fingerprint density at radius 1 is 1.12 bits per heavy atom. The van der Waals surface area contributed by atoms with Crippen LogP contribution in [0.4, 0.5) is 5.69 Å². The van der Waals surface area contributed by atoms with Crippen molar-refractivity contribution < 1.29 is 9.59 Å². The number of nitrogens with one attached hydrogen (secondary N) is 3. The van der Waals surface area contributed by atoms with E-state index in [1.165, 1.54) is 12.8 Å². The minimum absolute atomic E-state index is 0.145. The van der Waals surface area contributed by atoms with E-state index in [4.69, 9.17) is 0 Å². The number of benzene rings is 1. The van der Waals surface area contributed by atoms with Crippen LogP contribution in [0.25, 0.3) is 0 Å². The van der Waals surface area contributed by atoms with Gasteiger partial charge in [0.1, 0.15) is 0 Å². The lowest BCUT2D eigenvalue weighted by Crippen LogP contribution is -2.30. The third kappa shape index (κ3) is 5.39. The van der Waals surface area contributed by atoms with Crippen LogP contribution in [0.15, 0.2) is 48.8 Å². The molecular formula is C19H22N4O2. The van der Waals surface area contributed by atoms with Gasteiger partial charge in [0.2, 0.25) is 5.91 Å². The maximum absolute atomic E-state index is 12.4. The van der Waals surface area contributed by atoms with Crippen LogP contribution >= 0.6 is 0 Å². The fourth-order valence-corrected chi connectivity index (χ4v) is 2.48. The minimum Gasteiger partial charge on any atom is -0.348 e. The Kier molecular flexibility index (Phi) is 5.74. The Morgan fingerprint density at radius 2 is 1.96 bits per heavy atom. The lowest BCUT2D eigenvalue weighted by molar-refractivity contribution is -0.115. The molecule has 1 aromatic carbocycles. The molecule has 1 aliphatic carbocycles. The number of amides is 2. The van der Waals surface area contributed by atoms with Gasteiger partial charge in [-0.1, -0.05) is 18.2 Å². The standard InChI is InChI=1S/C19H22N4O2/c24-18(13-21-10-14-7-8-14)23-17-6-2-1-5-16(17)19(25)22-12-15-4-3-9-20-11-15/h1-6,9,11,14,21H,7-8,10,12-13H2,(H,22,25)(H,23,24). The number of aromatic nitrogens is 1. The Morgan fingerprint density at radius 3 is 2.72 bits per heavy atom. The fourth-order valence-electron chi connectivity index (χ4n) is 2.48. The largest absolute Gasteiger partial charge is 0.348 e. The van der Waals surface area contributed by atoms with Gasteiger partial charge < -0.3 is 16.0 Å². The zero-order valence-electron chi connectivity index (χ0n) is 14.0. The number of hydrogen-bond acceptors (Lipinski definition) is 4. The average Bonchev–Trinajstić information content (AvgIpc) is 3.45. The summed E-state index contributed by atoms with van der Waals surface area (Å²) in [5.74, 6) is 0.345. The van der Waals surface area contributed by atoms with E-state index in [1.54, 1.807) is 36.7 Å². The van der Waals surface area contributed by atoms with Gasteiger partial charge in [-0.05, 0) is 49.1 Å². The summed E-state index contributed by atoms with van der Waals surface area (Å²) in [5.41, 5.74) is 1.88. The normalized spacial score (nSPS) is 13.3. The number of pyridine rings is 1. The molecule has 6 heteroatoms. The third-order valence-corrected chi connectivity index (χ3v) is 4.04. The van der Waals surface area contributed by atoms with Gasteiger partial charge in [0.25, 0.3) is 5.91 Å². The molecule has 25 heavy (non-hydrogen) atoms. The van der Waals surface area contributed by atoms with Gasteiger partial charge in [-0.15, -0.1) is 0 Å². The van der Waals surface area contributed by atoms with E-state index in [9.17, 15) is 9.59 Å². The molecule has 3 rings (SSSR count). The molecule has 1 aliphatic rings. The number of carbonyl (C=O) groups is 2. The third-order valence-electron chi connectivity index (χ3n) is 4.04. The van der Waals surface area contributed by atoms with E-state index in [1.807, 2.05) is 12.1 Å². The second kappa shape index (κ2) is 8.39. The first-order chi connectivity index (χ1) is 12.2. The number of para-hydroxylation sites is 1. The smallest absolute Gasteiger partial charge is 0.253 e. The second-order valence-corrected chi connectivity index (χ2v) is 6.21. The molecule has 2 amide bonds. The predicted molar refractivity (Wildman–Crippen MR) is 96.1 cm³/mol. The molecule has 0 spiro atoms. The molecular weight excluding hydrogens is 316 g/mol. The summed E-state index contributed by atoms with van der Waals surface area (Å²) in [6, 6.07) is 10.7. The van der Waals surface area contributed by atoms with Crippen LogP contribution in [-0.4, -0.2) is 29.9 Å².